The first kappa shape index (κ1) is 21.4. The molecular formula is C22H29IN6. The number of H-pyrrole nitrogens is 1. The molecule has 0 aliphatic carbocycles. The van der Waals surface area contributed by atoms with Crippen LogP contribution in [-0.2, 0) is 6.42 Å². The number of guanidine groups is 1. The van der Waals surface area contributed by atoms with E-state index in [4.69, 9.17) is 4.99 Å². The maximum atomic E-state index is 4.76. The van der Waals surface area contributed by atoms with Crippen LogP contribution in [0.2, 0.25) is 0 Å². The van der Waals surface area contributed by atoms with Crippen LogP contribution in [0.5, 0.6) is 0 Å². The molecule has 1 saturated heterocycles. The highest BCUT2D eigenvalue weighted by Gasteiger charge is 2.23. The highest BCUT2D eigenvalue weighted by atomic mass is 127. The number of aromatic nitrogens is 2. The van der Waals surface area contributed by atoms with Gasteiger partial charge in [0.2, 0.25) is 0 Å². The predicted molar refractivity (Wildman–Crippen MR) is 131 cm³/mol. The second-order valence-corrected chi connectivity index (χ2v) is 7.12. The molecular weight excluding hydrogens is 475 g/mol. The third-order valence-electron chi connectivity index (χ3n) is 5.05. The van der Waals surface area contributed by atoms with Crippen LogP contribution in [0.4, 0.5) is 5.69 Å². The summed E-state index contributed by atoms with van der Waals surface area (Å²) in [7, 11) is 0. The first-order chi connectivity index (χ1) is 13.8. The van der Waals surface area contributed by atoms with Gasteiger partial charge in [-0.05, 0) is 37.6 Å². The van der Waals surface area contributed by atoms with Crippen molar-refractivity contribution >= 4 is 46.7 Å². The van der Waals surface area contributed by atoms with Crippen LogP contribution in [0, 0.1) is 0 Å². The van der Waals surface area contributed by atoms with E-state index in [0.717, 1.165) is 55.3 Å². The van der Waals surface area contributed by atoms with Gasteiger partial charge >= 0.3 is 0 Å². The van der Waals surface area contributed by atoms with Gasteiger partial charge in [0, 0.05) is 44.3 Å². The molecule has 154 valence electrons. The van der Waals surface area contributed by atoms with Crippen LogP contribution < -0.4 is 15.5 Å². The first-order valence-corrected chi connectivity index (χ1v) is 10.1. The number of halogens is 1. The van der Waals surface area contributed by atoms with E-state index < -0.39 is 0 Å². The van der Waals surface area contributed by atoms with E-state index in [-0.39, 0.29) is 24.0 Å². The highest BCUT2D eigenvalue weighted by Crippen LogP contribution is 2.19. The maximum absolute atomic E-state index is 4.76. The van der Waals surface area contributed by atoms with E-state index in [1.165, 1.54) is 5.69 Å². The van der Waals surface area contributed by atoms with Crippen molar-refractivity contribution in [3.63, 3.8) is 0 Å². The number of fused-ring (bicyclic) bond motifs is 1. The summed E-state index contributed by atoms with van der Waals surface area (Å²) < 4.78 is 0. The van der Waals surface area contributed by atoms with E-state index >= 15 is 0 Å². The summed E-state index contributed by atoms with van der Waals surface area (Å²) in [6, 6.07) is 19.1. The molecule has 0 spiro atoms. The number of nitrogens with one attached hydrogen (secondary N) is 3. The number of anilines is 1. The minimum atomic E-state index is 0. The Kier molecular flexibility index (Phi) is 7.74. The zero-order chi connectivity index (χ0) is 19.2. The lowest BCUT2D eigenvalue weighted by molar-refractivity contribution is 0.648. The van der Waals surface area contributed by atoms with Crippen LogP contribution in [0.25, 0.3) is 11.0 Å². The molecule has 6 nitrogen and oxygen atoms in total. The van der Waals surface area contributed by atoms with E-state index in [1.54, 1.807) is 0 Å². The van der Waals surface area contributed by atoms with Gasteiger partial charge in [-0.2, -0.15) is 0 Å². The summed E-state index contributed by atoms with van der Waals surface area (Å²) >= 11 is 0. The molecule has 4 rings (SSSR count). The van der Waals surface area contributed by atoms with Gasteiger partial charge in [-0.25, -0.2) is 4.98 Å². The van der Waals surface area contributed by atoms with Crippen LogP contribution >= 0.6 is 24.0 Å². The molecule has 0 amide bonds. The summed E-state index contributed by atoms with van der Waals surface area (Å²) in [6.45, 7) is 5.72. The van der Waals surface area contributed by atoms with Crippen molar-refractivity contribution in [1.82, 2.24) is 20.6 Å². The van der Waals surface area contributed by atoms with Gasteiger partial charge in [0.05, 0.1) is 11.0 Å². The molecule has 3 aromatic rings. The van der Waals surface area contributed by atoms with Crippen LogP contribution in [-0.4, -0.2) is 48.1 Å². The largest absolute Gasteiger partial charge is 0.369 e. The van der Waals surface area contributed by atoms with Gasteiger partial charge in [0.1, 0.15) is 5.82 Å². The Balaban J connectivity index is 0.00000240. The molecule has 1 unspecified atom stereocenters. The third-order valence-corrected chi connectivity index (χ3v) is 5.05. The topological polar surface area (TPSA) is 68.3 Å². The number of rotatable bonds is 6. The predicted octanol–water partition coefficient (Wildman–Crippen LogP) is 3.56. The summed E-state index contributed by atoms with van der Waals surface area (Å²) in [6.07, 6.45) is 1.91. The van der Waals surface area contributed by atoms with E-state index in [2.05, 4.69) is 68.8 Å². The molecule has 0 bridgehead atoms. The Hall–Kier alpha value is -2.29. The Labute approximate surface area is 189 Å². The van der Waals surface area contributed by atoms with Crippen LogP contribution in [0.3, 0.4) is 0 Å². The van der Waals surface area contributed by atoms with E-state index in [1.807, 2.05) is 18.2 Å². The molecule has 7 heteroatoms. The standard InChI is InChI=1S/C22H28N6.HI/c1-2-23-22(24-14-12-21-26-19-10-6-7-11-20(19)27-21)25-17-13-15-28(16-17)18-8-4-3-5-9-18;/h3-11,17H,2,12-16H2,1H3,(H,26,27)(H2,23,24,25);1H. The van der Waals surface area contributed by atoms with E-state index in [0.29, 0.717) is 12.6 Å². The Morgan fingerprint density at radius 3 is 2.76 bits per heavy atom. The highest BCUT2D eigenvalue weighted by molar-refractivity contribution is 14.0. The second-order valence-electron chi connectivity index (χ2n) is 7.12. The molecule has 1 aliphatic heterocycles. The first-order valence-electron chi connectivity index (χ1n) is 10.1. The second kappa shape index (κ2) is 10.5. The summed E-state index contributed by atoms with van der Waals surface area (Å²) in [5, 5.41) is 6.96. The number of benzene rings is 2. The molecule has 1 aromatic heterocycles. The fourth-order valence-corrected chi connectivity index (χ4v) is 3.66. The Bertz CT molecular complexity index is 890. The molecule has 3 N–H and O–H groups in total. The van der Waals surface area contributed by atoms with Gasteiger partial charge in [-0.15, -0.1) is 24.0 Å². The van der Waals surface area contributed by atoms with Gasteiger partial charge in [-0.1, -0.05) is 30.3 Å². The van der Waals surface area contributed by atoms with Crippen molar-refractivity contribution in [2.75, 3.05) is 31.1 Å². The van der Waals surface area contributed by atoms with Gasteiger partial charge in [0.15, 0.2) is 5.96 Å². The van der Waals surface area contributed by atoms with Crippen molar-refractivity contribution in [3.8, 4) is 0 Å². The molecule has 2 aromatic carbocycles. The lowest BCUT2D eigenvalue weighted by Crippen LogP contribution is -2.44. The zero-order valence-corrected chi connectivity index (χ0v) is 19.1. The van der Waals surface area contributed by atoms with Gasteiger partial charge in [-0.3, -0.25) is 4.99 Å². The summed E-state index contributed by atoms with van der Waals surface area (Å²) in [5.41, 5.74) is 3.38. The van der Waals surface area contributed by atoms with Crippen molar-refractivity contribution in [2.45, 2.75) is 25.8 Å². The number of para-hydroxylation sites is 3. The number of aliphatic imine (C=N–C) groups is 1. The molecule has 29 heavy (non-hydrogen) atoms. The fraction of sp³-hybridized carbons (Fsp3) is 0.364. The Morgan fingerprint density at radius 1 is 1.17 bits per heavy atom. The molecule has 1 fully saturated rings. The summed E-state index contributed by atoms with van der Waals surface area (Å²) in [5.74, 6) is 1.87. The van der Waals surface area contributed by atoms with Gasteiger partial charge in [0.25, 0.3) is 0 Å². The quantitative estimate of drug-likeness (QED) is 0.273. The van der Waals surface area contributed by atoms with E-state index in [9.17, 15) is 0 Å². The lowest BCUT2D eigenvalue weighted by Gasteiger charge is -2.20. The molecule has 2 heterocycles. The van der Waals surface area contributed by atoms with Crippen molar-refractivity contribution in [2.24, 2.45) is 4.99 Å². The summed E-state index contributed by atoms with van der Waals surface area (Å²) in [4.78, 5) is 15.2. The molecule has 0 radical (unpaired) electrons. The van der Waals surface area contributed by atoms with Crippen molar-refractivity contribution in [3.05, 3.63) is 60.4 Å². The molecule has 1 atom stereocenters. The maximum Gasteiger partial charge on any atom is 0.191 e. The van der Waals surface area contributed by atoms with Crippen molar-refractivity contribution in [1.29, 1.82) is 0 Å². The Morgan fingerprint density at radius 2 is 1.97 bits per heavy atom. The number of imidazole rings is 1. The normalized spacial score (nSPS) is 16.7. The average molecular weight is 504 g/mol. The zero-order valence-electron chi connectivity index (χ0n) is 16.8. The smallest absolute Gasteiger partial charge is 0.191 e. The lowest BCUT2D eigenvalue weighted by atomic mass is 10.3. The van der Waals surface area contributed by atoms with Crippen molar-refractivity contribution < 1.29 is 0 Å². The average Bonchev–Trinajstić information content (AvgIpc) is 3.35. The van der Waals surface area contributed by atoms with Gasteiger partial charge < -0.3 is 20.5 Å². The SMILES string of the molecule is CCNC(=NCCc1nc2ccccc2[nH]1)NC1CCN(c2ccccc2)C1.I. The minimum Gasteiger partial charge on any atom is -0.369 e. The third kappa shape index (κ3) is 5.62. The molecule has 1 aliphatic rings. The fourth-order valence-electron chi connectivity index (χ4n) is 3.66. The minimum absolute atomic E-state index is 0. The monoisotopic (exact) mass is 504 g/mol. The number of aromatic amines is 1. The van der Waals surface area contributed by atoms with Crippen LogP contribution in [0.1, 0.15) is 19.2 Å². The number of hydrogen-bond acceptors (Lipinski definition) is 3. The number of nitrogens with zero attached hydrogens (tertiary/aromatic N) is 3. The molecule has 0 saturated carbocycles. The number of hydrogen-bond donors (Lipinski definition) is 3. The van der Waals surface area contributed by atoms with Crippen LogP contribution in [0.15, 0.2) is 59.6 Å².